The van der Waals surface area contributed by atoms with Gasteiger partial charge in [0.05, 0.1) is 11.6 Å². The maximum absolute atomic E-state index is 12.3. The van der Waals surface area contributed by atoms with Gasteiger partial charge in [-0.15, -0.1) is 0 Å². The highest BCUT2D eigenvalue weighted by Gasteiger charge is 2.20. The lowest BCUT2D eigenvalue weighted by molar-refractivity contribution is -0.123. The third-order valence-electron chi connectivity index (χ3n) is 3.89. The third kappa shape index (κ3) is 4.02. The predicted molar refractivity (Wildman–Crippen MR) is 99.2 cm³/mol. The molecular formula is C20H15N3O4. The first-order valence-corrected chi connectivity index (χ1v) is 8.12. The van der Waals surface area contributed by atoms with E-state index >= 15 is 0 Å². The molecule has 7 nitrogen and oxygen atoms in total. The molecule has 1 amide bonds. The largest absolute Gasteiger partial charge is 0.448 e. The van der Waals surface area contributed by atoms with Crippen molar-refractivity contribution in [2.45, 2.75) is 13.0 Å². The number of ether oxygens (including phenoxy) is 1. The Kier molecular flexibility index (Phi) is 4.99. The Morgan fingerprint density at radius 1 is 1.15 bits per heavy atom. The lowest BCUT2D eigenvalue weighted by Crippen LogP contribution is -2.30. The van der Waals surface area contributed by atoms with Crippen LogP contribution in [0.5, 0.6) is 0 Å². The van der Waals surface area contributed by atoms with Crippen LogP contribution in [-0.2, 0) is 9.53 Å². The van der Waals surface area contributed by atoms with Crippen molar-refractivity contribution in [3.63, 3.8) is 0 Å². The fourth-order valence-electron chi connectivity index (χ4n) is 2.51. The van der Waals surface area contributed by atoms with Gasteiger partial charge in [0.15, 0.2) is 6.10 Å². The van der Waals surface area contributed by atoms with Gasteiger partial charge in [0.2, 0.25) is 0 Å². The van der Waals surface area contributed by atoms with E-state index in [0.717, 1.165) is 0 Å². The highest BCUT2D eigenvalue weighted by molar-refractivity contribution is 5.98. The van der Waals surface area contributed by atoms with Gasteiger partial charge in [0, 0.05) is 11.1 Å². The average Bonchev–Trinajstić information content (AvgIpc) is 2.68. The van der Waals surface area contributed by atoms with E-state index in [2.05, 4.69) is 10.3 Å². The number of H-pyrrole nitrogens is 1. The van der Waals surface area contributed by atoms with Gasteiger partial charge in [-0.05, 0) is 42.6 Å². The second kappa shape index (κ2) is 7.54. The molecular weight excluding hydrogens is 346 g/mol. The molecule has 0 aliphatic heterocycles. The van der Waals surface area contributed by atoms with Crippen LogP contribution in [-0.4, -0.2) is 23.0 Å². The molecule has 0 saturated heterocycles. The molecule has 0 radical (unpaired) electrons. The summed E-state index contributed by atoms with van der Waals surface area (Å²) in [6.45, 7) is 1.42. The Balaban J connectivity index is 1.72. The molecule has 0 spiro atoms. The number of hydrogen-bond acceptors (Lipinski definition) is 5. The third-order valence-corrected chi connectivity index (χ3v) is 3.89. The second-order valence-corrected chi connectivity index (χ2v) is 5.83. The number of pyridine rings is 1. The number of rotatable bonds is 4. The monoisotopic (exact) mass is 361 g/mol. The van der Waals surface area contributed by atoms with Crippen LogP contribution in [0.15, 0.2) is 59.4 Å². The average molecular weight is 361 g/mol. The van der Waals surface area contributed by atoms with Gasteiger partial charge in [0.1, 0.15) is 5.69 Å². The number of nitrogens with zero attached hydrogens (tertiary/aromatic N) is 1. The molecule has 1 heterocycles. The predicted octanol–water partition coefficient (Wildman–Crippen LogP) is 2.58. The second-order valence-electron chi connectivity index (χ2n) is 5.83. The van der Waals surface area contributed by atoms with E-state index in [1.165, 1.54) is 19.1 Å². The number of aromatic nitrogens is 1. The first kappa shape index (κ1) is 17.9. The van der Waals surface area contributed by atoms with E-state index in [0.29, 0.717) is 22.0 Å². The van der Waals surface area contributed by atoms with E-state index < -0.39 is 23.5 Å². The minimum atomic E-state index is -1.10. The molecule has 0 unspecified atom stereocenters. The van der Waals surface area contributed by atoms with E-state index in [9.17, 15) is 14.4 Å². The van der Waals surface area contributed by atoms with Gasteiger partial charge in [-0.3, -0.25) is 9.59 Å². The van der Waals surface area contributed by atoms with Crippen molar-refractivity contribution in [1.29, 1.82) is 5.26 Å². The molecule has 3 rings (SSSR count). The van der Waals surface area contributed by atoms with Crippen molar-refractivity contribution >= 4 is 28.3 Å². The molecule has 134 valence electrons. The van der Waals surface area contributed by atoms with Crippen molar-refractivity contribution in [3.05, 3.63) is 76.2 Å². The molecule has 3 aromatic rings. The number of amides is 1. The van der Waals surface area contributed by atoms with Crippen LogP contribution in [0.1, 0.15) is 23.0 Å². The first-order chi connectivity index (χ1) is 13.0. The van der Waals surface area contributed by atoms with Crippen LogP contribution in [0.3, 0.4) is 0 Å². The Morgan fingerprint density at radius 2 is 1.93 bits per heavy atom. The lowest BCUT2D eigenvalue weighted by atomic mass is 10.1. The van der Waals surface area contributed by atoms with Crippen LogP contribution in [0.25, 0.3) is 10.8 Å². The molecule has 27 heavy (non-hydrogen) atoms. The molecule has 7 heteroatoms. The summed E-state index contributed by atoms with van der Waals surface area (Å²) < 4.78 is 5.14. The maximum atomic E-state index is 12.3. The molecule has 0 bridgehead atoms. The Bertz CT molecular complexity index is 1130. The van der Waals surface area contributed by atoms with Gasteiger partial charge in [-0.25, -0.2) is 4.79 Å². The Morgan fingerprint density at radius 3 is 2.70 bits per heavy atom. The summed E-state index contributed by atoms with van der Waals surface area (Å²) in [5.74, 6) is -1.37. The lowest BCUT2D eigenvalue weighted by Gasteiger charge is -2.13. The quantitative estimate of drug-likeness (QED) is 0.694. The van der Waals surface area contributed by atoms with Crippen molar-refractivity contribution in [2.24, 2.45) is 0 Å². The summed E-state index contributed by atoms with van der Waals surface area (Å²) in [7, 11) is 0. The molecule has 0 aliphatic carbocycles. The van der Waals surface area contributed by atoms with E-state index in [-0.39, 0.29) is 5.69 Å². The number of anilines is 1. The topological polar surface area (TPSA) is 112 Å². The zero-order valence-corrected chi connectivity index (χ0v) is 14.4. The normalized spacial score (nSPS) is 11.4. The van der Waals surface area contributed by atoms with Gasteiger partial charge < -0.3 is 15.0 Å². The molecule has 0 aliphatic rings. The molecule has 1 atom stereocenters. The minimum absolute atomic E-state index is 0.0372. The van der Waals surface area contributed by atoms with Crippen LogP contribution in [0.4, 0.5) is 5.69 Å². The summed E-state index contributed by atoms with van der Waals surface area (Å²) >= 11 is 0. The van der Waals surface area contributed by atoms with Gasteiger partial charge in [0.25, 0.3) is 11.5 Å². The maximum Gasteiger partial charge on any atom is 0.355 e. The van der Waals surface area contributed by atoms with Crippen molar-refractivity contribution in [2.75, 3.05) is 5.32 Å². The number of carbonyl (C=O) groups excluding carboxylic acids is 2. The minimum Gasteiger partial charge on any atom is -0.448 e. The molecule has 2 aromatic carbocycles. The zero-order valence-electron chi connectivity index (χ0n) is 14.4. The van der Waals surface area contributed by atoms with Crippen LogP contribution in [0, 0.1) is 11.3 Å². The fraction of sp³-hybridized carbons (Fsp3) is 0.100. The number of hydrogen-bond donors (Lipinski definition) is 2. The summed E-state index contributed by atoms with van der Waals surface area (Å²) in [4.78, 5) is 39.0. The Hall–Kier alpha value is -3.92. The van der Waals surface area contributed by atoms with Crippen molar-refractivity contribution in [3.8, 4) is 6.07 Å². The van der Waals surface area contributed by atoms with Crippen molar-refractivity contribution in [1.82, 2.24) is 4.98 Å². The van der Waals surface area contributed by atoms with Crippen LogP contribution in [0.2, 0.25) is 0 Å². The smallest absolute Gasteiger partial charge is 0.355 e. The van der Waals surface area contributed by atoms with Gasteiger partial charge in [-0.2, -0.15) is 5.26 Å². The summed E-state index contributed by atoms with van der Waals surface area (Å²) in [5, 5.41) is 12.5. The molecule has 1 aromatic heterocycles. The summed E-state index contributed by atoms with van der Waals surface area (Å²) in [6, 6.07) is 16.7. The van der Waals surface area contributed by atoms with Crippen molar-refractivity contribution < 1.29 is 14.3 Å². The first-order valence-electron chi connectivity index (χ1n) is 8.12. The number of nitrogens with one attached hydrogen (secondary N) is 2. The van der Waals surface area contributed by atoms with E-state index in [4.69, 9.17) is 10.00 Å². The van der Waals surface area contributed by atoms with E-state index in [1.807, 2.05) is 6.07 Å². The standard InChI is InChI=1S/C20H15N3O4/c1-12(18(24)22-15-7-4-5-13(9-15)11-21)27-20(26)17-10-14-6-2-3-8-16(14)19(25)23-17/h2-10,12H,1H3,(H,22,24)(H,23,25)/t12-/m1/s1. The zero-order chi connectivity index (χ0) is 19.4. The SMILES string of the molecule is C[C@@H](OC(=O)c1cc2ccccc2c(=O)[nH]1)C(=O)Nc1cccc(C#N)c1. The number of carbonyl (C=O) groups is 2. The molecule has 0 fully saturated rings. The number of benzene rings is 2. The van der Waals surface area contributed by atoms with E-state index in [1.54, 1.807) is 42.5 Å². The summed E-state index contributed by atoms with van der Waals surface area (Å²) in [6.07, 6.45) is -1.10. The molecule has 2 N–H and O–H groups in total. The number of nitriles is 1. The Labute approximate surface area is 154 Å². The highest BCUT2D eigenvalue weighted by Crippen LogP contribution is 2.13. The molecule has 0 saturated carbocycles. The van der Waals surface area contributed by atoms with Crippen LogP contribution < -0.4 is 10.9 Å². The number of esters is 1. The van der Waals surface area contributed by atoms with Crippen LogP contribution >= 0.6 is 0 Å². The van der Waals surface area contributed by atoms with Gasteiger partial charge >= 0.3 is 5.97 Å². The highest BCUT2D eigenvalue weighted by atomic mass is 16.5. The number of fused-ring (bicyclic) bond motifs is 1. The fourth-order valence-corrected chi connectivity index (χ4v) is 2.51. The number of aromatic amines is 1. The summed E-state index contributed by atoms with van der Waals surface area (Å²) in [5.41, 5.74) is 0.363. The van der Waals surface area contributed by atoms with Gasteiger partial charge in [-0.1, -0.05) is 24.3 Å².